The Hall–Kier alpha value is -1.02. The molecule has 1 aliphatic carbocycles. The molecule has 1 aromatic carbocycles. The molecule has 9 heteroatoms. The van der Waals surface area contributed by atoms with Crippen molar-refractivity contribution in [3.8, 4) is 0 Å². The van der Waals surface area contributed by atoms with Gasteiger partial charge in [-0.25, -0.2) is 4.79 Å². The highest BCUT2D eigenvalue weighted by Crippen LogP contribution is 2.39. The van der Waals surface area contributed by atoms with Gasteiger partial charge in [-0.15, -0.1) is 0 Å². The Morgan fingerprint density at radius 3 is 2.54 bits per heavy atom. The van der Waals surface area contributed by atoms with Crippen LogP contribution >= 0.6 is 23.2 Å². The second-order valence-corrected chi connectivity index (χ2v) is 9.97. The van der Waals surface area contributed by atoms with Gasteiger partial charge in [-0.1, -0.05) is 48.5 Å². The molecule has 2 aliphatic rings. The van der Waals surface area contributed by atoms with Crippen LogP contribution in [0, 0.1) is 5.92 Å². The number of ether oxygens (including phenoxy) is 1. The van der Waals surface area contributed by atoms with Crippen LogP contribution in [0.25, 0.3) is 0 Å². The molecule has 1 amide bonds. The summed E-state index contributed by atoms with van der Waals surface area (Å²) in [6.45, 7) is 0.569. The molecule has 0 radical (unpaired) electrons. The summed E-state index contributed by atoms with van der Waals surface area (Å²) in [4.78, 5) is 14.4. The number of cyclic esters (lactones) is 1. The lowest BCUT2D eigenvalue weighted by molar-refractivity contribution is 0.114. The van der Waals surface area contributed by atoms with Gasteiger partial charge in [0.25, 0.3) is 10.1 Å². The summed E-state index contributed by atoms with van der Waals surface area (Å²) in [5.74, 6) is 0.442. The zero-order valence-corrected chi connectivity index (χ0v) is 18.1. The Morgan fingerprint density at radius 1 is 1.18 bits per heavy atom. The summed E-state index contributed by atoms with van der Waals surface area (Å²) >= 11 is 12.2. The molecule has 2 atom stereocenters. The van der Waals surface area contributed by atoms with Gasteiger partial charge in [0.2, 0.25) is 0 Å². The van der Waals surface area contributed by atoms with Crippen molar-refractivity contribution in [1.82, 2.24) is 4.90 Å². The highest BCUT2D eigenvalue weighted by molar-refractivity contribution is 7.85. The van der Waals surface area contributed by atoms with Gasteiger partial charge in [-0.3, -0.25) is 9.08 Å². The number of benzene rings is 1. The topological polar surface area (TPSA) is 72.9 Å². The van der Waals surface area contributed by atoms with Gasteiger partial charge >= 0.3 is 6.09 Å². The van der Waals surface area contributed by atoms with E-state index in [-0.39, 0.29) is 25.2 Å². The quantitative estimate of drug-likeness (QED) is 0.558. The first kappa shape index (κ1) is 21.7. The fraction of sp³-hybridized carbons (Fsp3) is 0.632. The Balaban J connectivity index is 1.81. The standard InChI is InChI=1S/C19H25Cl2NO5S/c1-28(24,25)26-10-9-17-18(14-7-8-15(20)16(21)11-14)22(19(23)27-17)12-13-5-3-2-4-6-13/h7-8,11,13,17-18H,2-6,9-10,12H2,1H3/t17-,18?/m1/s1. The minimum atomic E-state index is -3.55. The van der Waals surface area contributed by atoms with E-state index in [2.05, 4.69) is 0 Å². The van der Waals surface area contributed by atoms with E-state index in [1.165, 1.54) is 19.3 Å². The summed E-state index contributed by atoms with van der Waals surface area (Å²) in [5.41, 5.74) is 0.820. The van der Waals surface area contributed by atoms with Gasteiger partial charge in [-0.05, 0) is 36.5 Å². The van der Waals surface area contributed by atoms with Crippen molar-refractivity contribution >= 4 is 39.4 Å². The maximum absolute atomic E-state index is 12.6. The average molecular weight is 450 g/mol. The van der Waals surface area contributed by atoms with E-state index in [1.54, 1.807) is 17.0 Å². The van der Waals surface area contributed by atoms with Crippen LogP contribution in [-0.2, 0) is 19.0 Å². The van der Waals surface area contributed by atoms with Crippen molar-refractivity contribution in [2.45, 2.75) is 50.7 Å². The van der Waals surface area contributed by atoms with Gasteiger partial charge in [0, 0.05) is 13.0 Å². The van der Waals surface area contributed by atoms with Crippen molar-refractivity contribution < 1.29 is 22.1 Å². The molecule has 1 saturated heterocycles. The first-order valence-electron chi connectivity index (χ1n) is 9.51. The smallest absolute Gasteiger partial charge is 0.410 e. The molecule has 1 unspecified atom stereocenters. The molecular formula is C19H25Cl2NO5S. The molecule has 28 heavy (non-hydrogen) atoms. The number of amides is 1. The maximum atomic E-state index is 12.6. The van der Waals surface area contributed by atoms with Crippen molar-refractivity contribution in [2.75, 3.05) is 19.4 Å². The van der Waals surface area contributed by atoms with Crippen molar-refractivity contribution in [1.29, 1.82) is 0 Å². The molecule has 0 aromatic heterocycles. The third-order valence-electron chi connectivity index (χ3n) is 5.34. The molecule has 1 heterocycles. The van der Waals surface area contributed by atoms with E-state index in [0.29, 0.717) is 22.5 Å². The van der Waals surface area contributed by atoms with Crippen molar-refractivity contribution in [3.05, 3.63) is 33.8 Å². The van der Waals surface area contributed by atoms with E-state index in [4.69, 9.17) is 32.1 Å². The fourth-order valence-electron chi connectivity index (χ4n) is 4.04. The Morgan fingerprint density at radius 2 is 1.89 bits per heavy atom. The second-order valence-electron chi connectivity index (χ2n) is 7.51. The number of carbonyl (C=O) groups excluding carboxylic acids is 1. The highest BCUT2D eigenvalue weighted by Gasteiger charge is 2.43. The summed E-state index contributed by atoms with van der Waals surface area (Å²) in [5, 5.41) is 0.841. The molecule has 156 valence electrons. The monoisotopic (exact) mass is 449 g/mol. The molecule has 0 N–H and O–H groups in total. The van der Waals surface area contributed by atoms with Crippen LogP contribution in [-0.4, -0.2) is 44.9 Å². The molecule has 6 nitrogen and oxygen atoms in total. The lowest BCUT2D eigenvalue weighted by atomic mass is 9.88. The van der Waals surface area contributed by atoms with Crippen molar-refractivity contribution in [3.63, 3.8) is 0 Å². The van der Waals surface area contributed by atoms with Crippen LogP contribution in [0.1, 0.15) is 50.1 Å². The zero-order chi connectivity index (χ0) is 20.3. The molecular weight excluding hydrogens is 425 g/mol. The Bertz CT molecular complexity index is 811. The van der Waals surface area contributed by atoms with Gasteiger partial charge in [0.15, 0.2) is 0 Å². The molecule has 2 fully saturated rings. The molecule has 1 saturated carbocycles. The SMILES string of the molecule is CS(=O)(=O)OCC[C@H]1OC(=O)N(CC2CCCCC2)C1c1ccc(Cl)c(Cl)c1. The van der Waals surface area contributed by atoms with Crippen LogP contribution in [0.15, 0.2) is 18.2 Å². The Kier molecular flexibility index (Phi) is 7.12. The van der Waals surface area contributed by atoms with Gasteiger partial charge in [0.1, 0.15) is 6.10 Å². The van der Waals surface area contributed by atoms with Crippen LogP contribution in [0.3, 0.4) is 0 Å². The largest absolute Gasteiger partial charge is 0.443 e. The molecule has 0 bridgehead atoms. The van der Waals surface area contributed by atoms with Crippen LogP contribution in [0.4, 0.5) is 4.79 Å². The Labute approximate surface area is 176 Å². The molecule has 1 aromatic rings. The molecule has 1 aliphatic heterocycles. The van der Waals surface area contributed by atoms with Crippen LogP contribution < -0.4 is 0 Å². The number of hydrogen-bond donors (Lipinski definition) is 0. The molecule has 0 spiro atoms. The number of nitrogens with zero attached hydrogens (tertiary/aromatic N) is 1. The van der Waals surface area contributed by atoms with E-state index < -0.39 is 16.2 Å². The first-order chi connectivity index (χ1) is 13.2. The summed E-state index contributed by atoms with van der Waals surface area (Å²) < 4.78 is 33.0. The predicted octanol–water partition coefficient (Wildman–Crippen LogP) is 4.80. The minimum Gasteiger partial charge on any atom is -0.443 e. The van der Waals surface area contributed by atoms with Crippen LogP contribution in [0.5, 0.6) is 0 Å². The maximum Gasteiger partial charge on any atom is 0.410 e. The second kappa shape index (κ2) is 9.20. The zero-order valence-electron chi connectivity index (χ0n) is 15.8. The number of carbonyl (C=O) groups is 1. The summed E-state index contributed by atoms with van der Waals surface area (Å²) in [6, 6.07) is 4.92. The summed E-state index contributed by atoms with van der Waals surface area (Å²) in [6.07, 6.45) is 6.15. The number of rotatable bonds is 7. The van der Waals surface area contributed by atoms with E-state index in [9.17, 15) is 13.2 Å². The molecule has 3 rings (SSSR count). The third kappa shape index (κ3) is 5.53. The minimum absolute atomic E-state index is 0.0497. The third-order valence-corrected chi connectivity index (χ3v) is 6.67. The summed E-state index contributed by atoms with van der Waals surface area (Å²) in [7, 11) is -3.55. The van der Waals surface area contributed by atoms with Gasteiger partial charge < -0.3 is 4.74 Å². The lowest BCUT2D eigenvalue weighted by Crippen LogP contribution is -2.35. The van der Waals surface area contributed by atoms with Crippen molar-refractivity contribution in [2.24, 2.45) is 5.92 Å². The predicted molar refractivity (Wildman–Crippen MR) is 108 cm³/mol. The van der Waals surface area contributed by atoms with Gasteiger partial charge in [-0.2, -0.15) is 8.42 Å². The van der Waals surface area contributed by atoms with Crippen LogP contribution in [0.2, 0.25) is 10.0 Å². The normalized spacial score (nSPS) is 23.8. The lowest BCUT2D eigenvalue weighted by Gasteiger charge is -2.30. The average Bonchev–Trinajstić information content (AvgIpc) is 2.93. The number of halogens is 2. The first-order valence-corrected chi connectivity index (χ1v) is 12.1. The van der Waals surface area contributed by atoms with Gasteiger partial charge in [0.05, 0.1) is 28.9 Å². The number of hydrogen-bond acceptors (Lipinski definition) is 5. The van der Waals surface area contributed by atoms with E-state index in [0.717, 1.165) is 24.7 Å². The van der Waals surface area contributed by atoms with E-state index >= 15 is 0 Å². The highest BCUT2D eigenvalue weighted by atomic mass is 35.5. The van der Waals surface area contributed by atoms with E-state index in [1.807, 2.05) is 6.07 Å². The fourth-order valence-corrected chi connectivity index (χ4v) is 4.74.